The number of aryl methyl sites for hydroxylation is 2. The molecule has 2 aromatic heterocycles. The van der Waals surface area contributed by atoms with Crippen LogP contribution in [0.15, 0.2) is 39.9 Å². The molecule has 1 saturated heterocycles. The van der Waals surface area contributed by atoms with Gasteiger partial charge in [0, 0.05) is 61.2 Å². The number of likely N-dealkylation sites (tertiary alicyclic amines) is 1. The summed E-state index contributed by atoms with van der Waals surface area (Å²) in [5.74, 6) is -2.13. The molecule has 1 aliphatic heterocycles. The normalized spacial score (nSPS) is 16.4. The van der Waals surface area contributed by atoms with Gasteiger partial charge in [-0.3, -0.25) is 19.1 Å². The van der Waals surface area contributed by atoms with E-state index >= 15 is 8.78 Å². The van der Waals surface area contributed by atoms with E-state index in [0.29, 0.717) is 30.2 Å². The molecule has 2 N–H and O–H groups in total. The van der Waals surface area contributed by atoms with Crippen molar-refractivity contribution in [3.05, 3.63) is 90.2 Å². The zero-order valence-electron chi connectivity index (χ0n) is 24.8. The minimum absolute atomic E-state index is 0.0602. The van der Waals surface area contributed by atoms with Crippen molar-refractivity contribution in [2.24, 2.45) is 14.1 Å². The number of rotatable bonds is 6. The van der Waals surface area contributed by atoms with Crippen LogP contribution in [0.4, 0.5) is 14.5 Å². The van der Waals surface area contributed by atoms with Crippen LogP contribution in [0.3, 0.4) is 0 Å². The van der Waals surface area contributed by atoms with Gasteiger partial charge < -0.3 is 15.2 Å². The highest BCUT2D eigenvalue weighted by Gasteiger charge is 2.38. The molecule has 6 rings (SSSR count). The number of methoxy groups -OCH3 is 1. The van der Waals surface area contributed by atoms with E-state index in [1.165, 1.54) is 46.3 Å². The molecule has 11 nitrogen and oxygen atoms in total. The van der Waals surface area contributed by atoms with Gasteiger partial charge in [0.15, 0.2) is 0 Å². The lowest BCUT2D eigenvalue weighted by molar-refractivity contribution is -0.0256. The fourth-order valence-corrected chi connectivity index (χ4v) is 6.45. The lowest BCUT2D eigenvalue weighted by Gasteiger charge is -2.40. The third-order valence-corrected chi connectivity index (χ3v) is 8.86. The summed E-state index contributed by atoms with van der Waals surface area (Å²) in [5, 5.41) is 16.0. The number of pyridine rings is 1. The maximum absolute atomic E-state index is 15.5. The van der Waals surface area contributed by atoms with E-state index in [1.807, 2.05) is 6.07 Å². The SMILES string of the molecule is COc1nc(-c2ccc(F)c(-c3c(F)ccc(NC(=O)c4nn(C)c(=O)n(C)c4=O)c3C)c2Cl)cc2c1C(N1CC(O)C1)CC2. The first-order chi connectivity index (χ1) is 21.4. The number of β-amino-alcohol motifs (C(OH)–C–C–N with tert-alkyl or cyclic N) is 1. The zero-order valence-corrected chi connectivity index (χ0v) is 25.6. The van der Waals surface area contributed by atoms with Crippen molar-refractivity contribution >= 4 is 23.2 Å². The molecule has 2 aliphatic rings. The molecule has 1 fully saturated rings. The number of hydrogen-bond donors (Lipinski definition) is 2. The topological polar surface area (TPSA) is 132 Å². The number of halogens is 3. The summed E-state index contributed by atoms with van der Waals surface area (Å²) >= 11 is 6.83. The Labute approximate surface area is 260 Å². The van der Waals surface area contributed by atoms with Crippen LogP contribution in [-0.2, 0) is 20.5 Å². The van der Waals surface area contributed by atoms with Crippen molar-refractivity contribution in [1.82, 2.24) is 24.2 Å². The van der Waals surface area contributed by atoms with Crippen LogP contribution in [0.2, 0.25) is 5.02 Å². The maximum Gasteiger partial charge on any atom is 0.346 e. The van der Waals surface area contributed by atoms with Crippen LogP contribution in [0, 0.1) is 18.6 Å². The third kappa shape index (κ3) is 5.10. The number of nitrogens with zero attached hydrogens (tertiary/aromatic N) is 5. The quantitative estimate of drug-likeness (QED) is 0.329. The number of carbonyl (C=O) groups is 1. The second kappa shape index (κ2) is 11.5. The molecule has 234 valence electrons. The molecule has 0 radical (unpaired) electrons. The van der Waals surface area contributed by atoms with Crippen LogP contribution >= 0.6 is 11.6 Å². The molecule has 0 bridgehead atoms. The molecular weight excluding hydrogens is 610 g/mol. The van der Waals surface area contributed by atoms with Crippen molar-refractivity contribution < 1.29 is 23.4 Å². The van der Waals surface area contributed by atoms with Crippen molar-refractivity contribution in [2.75, 3.05) is 25.5 Å². The van der Waals surface area contributed by atoms with Gasteiger partial charge in [0.25, 0.3) is 11.5 Å². The highest BCUT2D eigenvalue weighted by molar-refractivity contribution is 6.36. The van der Waals surface area contributed by atoms with Crippen LogP contribution in [0.5, 0.6) is 5.88 Å². The first-order valence-corrected chi connectivity index (χ1v) is 14.5. The van der Waals surface area contributed by atoms with E-state index in [9.17, 15) is 19.5 Å². The Hall–Kier alpha value is -4.46. The molecule has 45 heavy (non-hydrogen) atoms. The number of amides is 1. The van der Waals surface area contributed by atoms with Crippen LogP contribution in [-0.4, -0.2) is 61.5 Å². The zero-order chi connectivity index (χ0) is 32.3. The van der Waals surface area contributed by atoms with E-state index in [-0.39, 0.29) is 39.5 Å². The van der Waals surface area contributed by atoms with Crippen molar-refractivity contribution in [1.29, 1.82) is 0 Å². The first kappa shape index (κ1) is 30.6. The Kier molecular flexibility index (Phi) is 7.79. The van der Waals surface area contributed by atoms with Crippen LogP contribution < -0.4 is 21.3 Å². The lowest BCUT2D eigenvalue weighted by Crippen LogP contribution is -2.51. The highest BCUT2D eigenvalue weighted by atomic mass is 35.5. The summed E-state index contributed by atoms with van der Waals surface area (Å²) in [4.78, 5) is 44.4. The van der Waals surface area contributed by atoms with Gasteiger partial charge in [-0.05, 0) is 61.2 Å². The second-order valence-corrected chi connectivity index (χ2v) is 11.6. The number of carbonyl (C=O) groups excluding carboxylic acids is 1. The molecule has 1 atom stereocenters. The van der Waals surface area contributed by atoms with E-state index in [4.69, 9.17) is 21.3 Å². The largest absolute Gasteiger partial charge is 0.481 e. The molecule has 2 aromatic carbocycles. The molecule has 1 amide bonds. The highest BCUT2D eigenvalue weighted by Crippen LogP contribution is 2.46. The Morgan fingerprint density at radius 3 is 2.49 bits per heavy atom. The fraction of sp³-hybridized carbons (Fsp3) is 0.323. The Bertz CT molecular complexity index is 2010. The first-order valence-electron chi connectivity index (χ1n) is 14.1. The van der Waals surface area contributed by atoms with Crippen molar-refractivity contribution in [3.63, 3.8) is 0 Å². The smallest absolute Gasteiger partial charge is 0.346 e. The van der Waals surface area contributed by atoms with Gasteiger partial charge in [-0.25, -0.2) is 23.2 Å². The minimum atomic E-state index is -0.937. The lowest BCUT2D eigenvalue weighted by atomic mass is 9.94. The number of aromatic nitrogens is 4. The molecule has 1 unspecified atom stereocenters. The predicted octanol–water partition coefficient (Wildman–Crippen LogP) is 3.37. The Balaban J connectivity index is 1.40. The number of fused-ring (bicyclic) bond motifs is 1. The average Bonchev–Trinajstić information content (AvgIpc) is 3.42. The summed E-state index contributed by atoms with van der Waals surface area (Å²) in [5.41, 5.74) is 0.319. The van der Waals surface area contributed by atoms with E-state index < -0.39 is 34.5 Å². The maximum atomic E-state index is 15.5. The molecule has 4 aromatic rings. The number of benzene rings is 2. The molecule has 14 heteroatoms. The fourth-order valence-electron chi connectivity index (χ4n) is 6.11. The molecular formula is C31H29ClF2N6O5. The summed E-state index contributed by atoms with van der Waals surface area (Å²) in [6, 6.07) is 6.89. The van der Waals surface area contributed by atoms with Gasteiger partial charge >= 0.3 is 5.69 Å². The van der Waals surface area contributed by atoms with Crippen LogP contribution in [0.25, 0.3) is 22.4 Å². The Morgan fingerprint density at radius 2 is 1.80 bits per heavy atom. The van der Waals surface area contributed by atoms with Gasteiger partial charge in [-0.2, -0.15) is 5.10 Å². The number of aliphatic hydroxyl groups excluding tert-OH is 1. The predicted molar refractivity (Wildman–Crippen MR) is 163 cm³/mol. The number of anilines is 1. The second-order valence-electron chi connectivity index (χ2n) is 11.2. The standard InChI is InChI=1S/C31H29ClF2N6O5/c1-14-20(35-28(42)27-30(43)38(2)31(44)39(3)37-27)9-8-18(33)23(14)25-19(34)7-6-17(26(25)32)21-11-15-5-10-22(40-12-16(41)13-40)24(15)29(36-21)45-4/h6-9,11,16,22,41H,5,10,12-13H2,1-4H3,(H,35,42). The van der Waals surface area contributed by atoms with Gasteiger partial charge in [-0.15, -0.1) is 0 Å². The van der Waals surface area contributed by atoms with Gasteiger partial charge in [0.2, 0.25) is 11.6 Å². The number of hydrogen-bond acceptors (Lipinski definition) is 8. The summed E-state index contributed by atoms with van der Waals surface area (Å²) in [6.07, 6.45) is 1.22. The summed E-state index contributed by atoms with van der Waals surface area (Å²) < 4.78 is 38.2. The van der Waals surface area contributed by atoms with E-state index in [1.54, 1.807) is 0 Å². The molecule has 3 heterocycles. The van der Waals surface area contributed by atoms with Crippen LogP contribution in [0.1, 0.15) is 39.6 Å². The van der Waals surface area contributed by atoms with Crippen molar-refractivity contribution in [2.45, 2.75) is 31.9 Å². The minimum Gasteiger partial charge on any atom is -0.481 e. The monoisotopic (exact) mass is 638 g/mol. The van der Waals surface area contributed by atoms with E-state index in [0.717, 1.165) is 39.3 Å². The summed E-state index contributed by atoms with van der Waals surface area (Å²) in [7, 11) is 4.02. The average molecular weight is 639 g/mol. The Morgan fingerprint density at radius 1 is 1.11 bits per heavy atom. The third-order valence-electron chi connectivity index (χ3n) is 8.47. The van der Waals surface area contributed by atoms with Gasteiger partial charge in [-0.1, -0.05) is 11.6 Å². The van der Waals surface area contributed by atoms with Crippen molar-refractivity contribution in [3.8, 4) is 28.3 Å². The number of nitrogens with one attached hydrogen (secondary N) is 1. The number of ether oxygens (including phenoxy) is 1. The molecule has 1 aliphatic carbocycles. The molecule has 0 spiro atoms. The molecule has 0 saturated carbocycles. The van der Waals surface area contributed by atoms with Gasteiger partial charge in [0.1, 0.15) is 11.6 Å². The van der Waals surface area contributed by atoms with E-state index in [2.05, 4.69) is 15.3 Å². The van der Waals surface area contributed by atoms with Gasteiger partial charge in [0.05, 0.1) is 23.9 Å². The summed E-state index contributed by atoms with van der Waals surface area (Å²) in [6.45, 7) is 2.63. The number of aliphatic hydroxyl groups is 1.